The topological polar surface area (TPSA) is 60.9 Å². The summed E-state index contributed by atoms with van der Waals surface area (Å²) in [5, 5.41) is 4.52. The summed E-state index contributed by atoms with van der Waals surface area (Å²) in [6, 6.07) is 8.31. The van der Waals surface area contributed by atoms with Crippen LogP contribution in [0.4, 0.5) is 5.82 Å². The number of nitrogen functional groups attached to an aromatic ring is 1. The van der Waals surface area contributed by atoms with Crippen molar-refractivity contribution in [3.8, 4) is 0 Å². The van der Waals surface area contributed by atoms with Gasteiger partial charge in [-0.05, 0) is 25.1 Å². The second-order valence-corrected chi connectivity index (χ2v) is 3.87. The summed E-state index contributed by atoms with van der Waals surface area (Å²) in [4.78, 5) is 12.0. The standard InChI is InChI=1S/C11H10ClN3O/c1-7-5-10(13)15(14-7)11(16)8-3-2-4-9(12)6-8/h2-6H,13H2,1H3. The highest BCUT2D eigenvalue weighted by Gasteiger charge is 2.13. The first-order chi connectivity index (χ1) is 7.58. The molecule has 4 nitrogen and oxygen atoms in total. The summed E-state index contributed by atoms with van der Waals surface area (Å²) in [5.74, 6) is 0.0376. The molecule has 0 saturated carbocycles. The fourth-order valence-corrected chi connectivity index (χ4v) is 1.62. The molecule has 1 heterocycles. The van der Waals surface area contributed by atoms with Gasteiger partial charge in [0.15, 0.2) is 0 Å². The number of aromatic nitrogens is 2. The van der Waals surface area contributed by atoms with Crippen LogP contribution in [0.15, 0.2) is 30.3 Å². The van der Waals surface area contributed by atoms with Crippen molar-refractivity contribution in [2.45, 2.75) is 6.92 Å². The molecular weight excluding hydrogens is 226 g/mol. The zero-order chi connectivity index (χ0) is 11.7. The SMILES string of the molecule is Cc1cc(N)n(C(=O)c2cccc(Cl)c2)n1. The Kier molecular flexibility index (Phi) is 2.66. The van der Waals surface area contributed by atoms with Crippen molar-refractivity contribution < 1.29 is 4.79 Å². The number of carbonyl (C=O) groups is 1. The summed E-state index contributed by atoms with van der Waals surface area (Å²) in [6.07, 6.45) is 0. The minimum Gasteiger partial charge on any atom is -0.383 e. The highest BCUT2D eigenvalue weighted by molar-refractivity contribution is 6.31. The van der Waals surface area contributed by atoms with Gasteiger partial charge in [-0.3, -0.25) is 4.79 Å². The number of hydrogen-bond acceptors (Lipinski definition) is 3. The molecule has 0 aliphatic heterocycles. The maximum absolute atomic E-state index is 12.0. The van der Waals surface area contributed by atoms with Crippen molar-refractivity contribution in [2.24, 2.45) is 0 Å². The number of nitrogens with two attached hydrogens (primary N) is 1. The minimum absolute atomic E-state index is 0.284. The maximum Gasteiger partial charge on any atom is 0.280 e. The van der Waals surface area contributed by atoms with E-state index in [0.717, 1.165) is 0 Å². The Balaban J connectivity index is 2.43. The van der Waals surface area contributed by atoms with Gasteiger partial charge < -0.3 is 5.73 Å². The Morgan fingerprint density at radius 2 is 2.19 bits per heavy atom. The van der Waals surface area contributed by atoms with Crippen LogP contribution in [0, 0.1) is 6.92 Å². The normalized spacial score (nSPS) is 10.4. The first kappa shape index (κ1) is 10.7. The van der Waals surface area contributed by atoms with E-state index >= 15 is 0 Å². The van der Waals surface area contributed by atoms with E-state index in [1.54, 1.807) is 37.3 Å². The molecule has 1 aromatic carbocycles. The molecule has 0 unspecified atom stereocenters. The molecule has 1 aromatic heterocycles. The first-order valence-corrected chi connectivity index (χ1v) is 5.08. The van der Waals surface area contributed by atoms with Crippen molar-refractivity contribution in [1.82, 2.24) is 9.78 Å². The fraction of sp³-hybridized carbons (Fsp3) is 0.0909. The molecule has 0 amide bonds. The molecule has 0 saturated heterocycles. The average molecular weight is 236 g/mol. The summed E-state index contributed by atoms with van der Waals surface area (Å²) >= 11 is 5.81. The van der Waals surface area contributed by atoms with Crippen molar-refractivity contribution in [3.05, 3.63) is 46.6 Å². The summed E-state index contributed by atoms with van der Waals surface area (Å²) in [5.41, 5.74) is 6.83. The van der Waals surface area contributed by atoms with E-state index < -0.39 is 0 Å². The lowest BCUT2D eigenvalue weighted by Gasteiger charge is -2.02. The molecule has 0 atom stereocenters. The quantitative estimate of drug-likeness (QED) is 0.824. The number of rotatable bonds is 1. The summed E-state index contributed by atoms with van der Waals surface area (Å²) in [6.45, 7) is 1.78. The molecule has 0 bridgehead atoms. The maximum atomic E-state index is 12.0. The smallest absolute Gasteiger partial charge is 0.280 e. The molecule has 0 spiro atoms. The molecule has 5 heteroatoms. The number of nitrogens with zero attached hydrogens (tertiary/aromatic N) is 2. The van der Waals surface area contributed by atoms with Crippen LogP contribution in [0.3, 0.4) is 0 Å². The number of halogens is 1. The monoisotopic (exact) mass is 235 g/mol. The molecule has 0 radical (unpaired) electrons. The van der Waals surface area contributed by atoms with E-state index in [1.165, 1.54) is 4.68 Å². The summed E-state index contributed by atoms with van der Waals surface area (Å²) < 4.78 is 1.17. The molecule has 82 valence electrons. The number of aryl methyl sites for hydroxylation is 1. The van der Waals surface area contributed by atoms with Gasteiger partial charge in [-0.25, -0.2) is 0 Å². The van der Waals surface area contributed by atoms with Crippen molar-refractivity contribution in [1.29, 1.82) is 0 Å². The molecule has 0 aliphatic rings. The van der Waals surface area contributed by atoms with Crippen LogP contribution in [0.1, 0.15) is 16.1 Å². The van der Waals surface area contributed by atoms with Crippen LogP contribution < -0.4 is 5.73 Å². The van der Waals surface area contributed by atoms with Gasteiger partial charge in [0.1, 0.15) is 5.82 Å². The van der Waals surface area contributed by atoms with Crippen molar-refractivity contribution in [2.75, 3.05) is 5.73 Å². The van der Waals surface area contributed by atoms with Crippen molar-refractivity contribution in [3.63, 3.8) is 0 Å². The third-order valence-electron chi connectivity index (χ3n) is 2.12. The molecule has 16 heavy (non-hydrogen) atoms. The van der Waals surface area contributed by atoms with E-state index in [0.29, 0.717) is 22.1 Å². The third-order valence-corrected chi connectivity index (χ3v) is 2.36. The predicted molar refractivity (Wildman–Crippen MR) is 62.6 cm³/mol. The lowest BCUT2D eigenvalue weighted by atomic mass is 10.2. The van der Waals surface area contributed by atoms with E-state index in [1.807, 2.05) is 0 Å². The Bertz CT molecular complexity index is 548. The summed E-state index contributed by atoms with van der Waals surface area (Å²) in [7, 11) is 0. The number of hydrogen-bond donors (Lipinski definition) is 1. The Hall–Kier alpha value is -1.81. The Labute approximate surface area is 97.6 Å². The molecule has 2 aromatic rings. The second kappa shape index (κ2) is 3.98. The second-order valence-electron chi connectivity index (χ2n) is 3.44. The predicted octanol–water partition coefficient (Wildman–Crippen LogP) is 2.12. The molecule has 0 fully saturated rings. The van der Waals surface area contributed by atoms with Crippen LogP contribution in [-0.2, 0) is 0 Å². The zero-order valence-electron chi connectivity index (χ0n) is 8.64. The van der Waals surface area contributed by atoms with E-state index in [9.17, 15) is 4.79 Å². The molecule has 2 N–H and O–H groups in total. The van der Waals surface area contributed by atoms with Crippen LogP contribution in [0.2, 0.25) is 5.02 Å². The molecule has 2 rings (SSSR count). The van der Waals surface area contributed by atoms with Gasteiger partial charge in [0.05, 0.1) is 5.69 Å². The van der Waals surface area contributed by atoms with Gasteiger partial charge in [-0.2, -0.15) is 9.78 Å². The fourth-order valence-electron chi connectivity index (χ4n) is 1.43. The largest absolute Gasteiger partial charge is 0.383 e. The average Bonchev–Trinajstić information content (AvgIpc) is 2.57. The van der Waals surface area contributed by atoms with E-state index in [4.69, 9.17) is 17.3 Å². The van der Waals surface area contributed by atoms with E-state index in [-0.39, 0.29) is 5.91 Å². The van der Waals surface area contributed by atoms with Crippen LogP contribution in [-0.4, -0.2) is 15.7 Å². The van der Waals surface area contributed by atoms with Crippen LogP contribution in [0.25, 0.3) is 0 Å². The minimum atomic E-state index is -0.284. The Morgan fingerprint density at radius 3 is 2.75 bits per heavy atom. The van der Waals surface area contributed by atoms with Gasteiger partial charge in [-0.1, -0.05) is 17.7 Å². The number of benzene rings is 1. The van der Waals surface area contributed by atoms with Gasteiger partial charge >= 0.3 is 0 Å². The molecule has 0 aliphatic carbocycles. The number of carbonyl (C=O) groups excluding carboxylic acids is 1. The Morgan fingerprint density at radius 1 is 1.44 bits per heavy atom. The lowest BCUT2D eigenvalue weighted by molar-refractivity contribution is 0.0947. The third kappa shape index (κ3) is 1.92. The van der Waals surface area contributed by atoms with Gasteiger partial charge in [0.25, 0.3) is 5.91 Å². The van der Waals surface area contributed by atoms with E-state index in [2.05, 4.69) is 5.10 Å². The van der Waals surface area contributed by atoms with Gasteiger partial charge in [0, 0.05) is 16.7 Å². The van der Waals surface area contributed by atoms with Gasteiger partial charge in [-0.15, -0.1) is 0 Å². The zero-order valence-corrected chi connectivity index (χ0v) is 9.40. The first-order valence-electron chi connectivity index (χ1n) is 4.70. The van der Waals surface area contributed by atoms with Crippen molar-refractivity contribution >= 4 is 23.3 Å². The molecular formula is C11H10ClN3O. The lowest BCUT2D eigenvalue weighted by Crippen LogP contribution is -2.16. The van der Waals surface area contributed by atoms with Gasteiger partial charge in [0.2, 0.25) is 0 Å². The highest BCUT2D eigenvalue weighted by atomic mass is 35.5. The number of anilines is 1. The van der Waals surface area contributed by atoms with Crippen LogP contribution >= 0.6 is 11.6 Å². The van der Waals surface area contributed by atoms with Crippen LogP contribution in [0.5, 0.6) is 0 Å². The highest BCUT2D eigenvalue weighted by Crippen LogP contribution is 2.14.